The van der Waals surface area contributed by atoms with Gasteiger partial charge in [0.05, 0.1) is 0 Å². The van der Waals surface area contributed by atoms with Crippen LogP contribution in [0.1, 0.15) is 26.7 Å². The molecule has 1 amide bonds. The van der Waals surface area contributed by atoms with Gasteiger partial charge in [0.15, 0.2) is 0 Å². The lowest BCUT2D eigenvalue weighted by molar-refractivity contribution is -0.121. The van der Waals surface area contributed by atoms with Gasteiger partial charge in [0.25, 0.3) is 0 Å². The SMILES string of the molecule is CC(C)CCNC(=O)CCN1CCN(c2cccc(Cl)c2)CC1. The molecular weight excluding hydrogens is 310 g/mol. The van der Waals surface area contributed by atoms with Crippen molar-refractivity contribution in [2.24, 2.45) is 5.92 Å². The van der Waals surface area contributed by atoms with E-state index in [0.717, 1.165) is 50.7 Å². The van der Waals surface area contributed by atoms with E-state index >= 15 is 0 Å². The summed E-state index contributed by atoms with van der Waals surface area (Å²) in [6.45, 7) is 9.93. The number of hydrogen-bond donors (Lipinski definition) is 1. The molecule has 1 aliphatic heterocycles. The number of hydrogen-bond acceptors (Lipinski definition) is 3. The van der Waals surface area contributed by atoms with Crippen molar-refractivity contribution in [1.29, 1.82) is 0 Å². The third-order valence-electron chi connectivity index (χ3n) is 4.24. The highest BCUT2D eigenvalue weighted by Gasteiger charge is 2.17. The Labute approximate surface area is 144 Å². The highest BCUT2D eigenvalue weighted by atomic mass is 35.5. The zero-order valence-corrected chi connectivity index (χ0v) is 15.0. The van der Waals surface area contributed by atoms with Crippen LogP contribution in [0.15, 0.2) is 24.3 Å². The number of piperazine rings is 1. The van der Waals surface area contributed by atoms with Crippen LogP contribution in [-0.2, 0) is 4.79 Å². The van der Waals surface area contributed by atoms with Crippen LogP contribution in [0.5, 0.6) is 0 Å². The minimum Gasteiger partial charge on any atom is -0.369 e. The topological polar surface area (TPSA) is 35.6 Å². The van der Waals surface area contributed by atoms with E-state index in [1.54, 1.807) is 0 Å². The largest absolute Gasteiger partial charge is 0.369 e. The van der Waals surface area contributed by atoms with Crippen molar-refractivity contribution in [1.82, 2.24) is 10.2 Å². The summed E-state index contributed by atoms with van der Waals surface area (Å²) >= 11 is 6.06. The Morgan fingerprint density at radius 2 is 2.00 bits per heavy atom. The maximum atomic E-state index is 11.8. The second-order valence-corrected chi connectivity index (χ2v) is 7.03. The van der Waals surface area contributed by atoms with Gasteiger partial charge in [-0.15, -0.1) is 0 Å². The number of anilines is 1. The van der Waals surface area contributed by atoms with Gasteiger partial charge in [-0.1, -0.05) is 31.5 Å². The van der Waals surface area contributed by atoms with Crippen LogP contribution in [0.2, 0.25) is 5.02 Å². The lowest BCUT2D eigenvalue weighted by Crippen LogP contribution is -2.47. The monoisotopic (exact) mass is 337 g/mol. The Balaban J connectivity index is 1.66. The summed E-state index contributed by atoms with van der Waals surface area (Å²) in [4.78, 5) is 16.5. The van der Waals surface area contributed by atoms with Gasteiger partial charge < -0.3 is 10.2 Å². The molecule has 2 rings (SSSR count). The Kier molecular flexibility index (Phi) is 7.18. The van der Waals surface area contributed by atoms with Gasteiger partial charge in [0.1, 0.15) is 0 Å². The van der Waals surface area contributed by atoms with Crippen LogP contribution in [0.3, 0.4) is 0 Å². The zero-order valence-electron chi connectivity index (χ0n) is 14.2. The Morgan fingerprint density at radius 1 is 1.26 bits per heavy atom. The van der Waals surface area contributed by atoms with Crippen molar-refractivity contribution in [2.45, 2.75) is 26.7 Å². The molecule has 0 bridgehead atoms. The first-order chi connectivity index (χ1) is 11.0. The van der Waals surface area contributed by atoms with Gasteiger partial charge >= 0.3 is 0 Å². The quantitative estimate of drug-likeness (QED) is 0.830. The first-order valence-electron chi connectivity index (χ1n) is 8.54. The number of halogens is 1. The van der Waals surface area contributed by atoms with Crippen LogP contribution in [0.4, 0.5) is 5.69 Å². The molecule has 0 aromatic heterocycles. The molecule has 0 radical (unpaired) electrons. The van der Waals surface area contributed by atoms with Crippen molar-refractivity contribution >= 4 is 23.2 Å². The van der Waals surface area contributed by atoms with Crippen LogP contribution in [0, 0.1) is 5.92 Å². The van der Waals surface area contributed by atoms with E-state index in [9.17, 15) is 4.79 Å². The van der Waals surface area contributed by atoms with E-state index in [4.69, 9.17) is 11.6 Å². The summed E-state index contributed by atoms with van der Waals surface area (Å²) in [7, 11) is 0. The van der Waals surface area contributed by atoms with E-state index < -0.39 is 0 Å². The van der Waals surface area contributed by atoms with Crippen LogP contribution in [0.25, 0.3) is 0 Å². The summed E-state index contributed by atoms with van der Waals surface area (Å²) in [5.41, 5.74) is 1.18. The molecule has 0 spiro atoms. The molecule has 0 unspecified atom stereocenters. The molecule has 1 saturated heterocycles. The van der Waals surface area contributed by atoms with Crippen molar-refractivity contribution in [3.05, 3.63) is 29.3 Å². The van der Waals surface area contributed by atoms with Gasteiger partial charge in [0, 0.05) is 56.4 Å². The Bertz CT molecular complexity index is 499. The van der Waals surface area contributed by atoms with E-state index in [1.807, 2.05) is 18.2 Å². The zero-order chi connectivity index (χ0) is 16.7. The van der Waals surface area contributed by atoms with E-state index in [0.29, 0.717) is 12.3 Å². The average molecular weight is 338 g/mol. The Hall–Kier alpha value is -1.26. The fourth-order valence-electron chi connectivity index (χ4n) is 2.75. The second kappa shape index (κ2) is 9.14. The molecule has 5 heteroatoms. The molecular formula is C18H28ClN3O. The maximum Gasteiger partial charge on any atom is 0.221 e. The van der Waals surface area contributed by atoms with Crippen LogP contribution < -0.4 is 10.2 Å². The van der Waals surface area contributed by atoms with Gasteiger partial charge in [-0.2, -0.15) is 0 Å². The fourth-order valence-corrected chi connectivity index (χ4v) is 2.94. The molecule has 0 atom stereocenters. The number of carbonyl (C=O) groups excluding carboxylic acids is 1. The van der Waals surface area contributed by atoms with Gasteiger partial charge in [0.2, 0.25) is 5.91 Å². The normalized spacial score (nSPS) is 15.9. The van der Waals surface area contributed by atoms with Crippen molar-refractivity contribution < 1.29 is 4.79 Å². The third kappa shape index (κ3) is 6.40. The molecule has 1 aromatic rings. The van der Waals surface area contributed by atoms with Gasteiger partial charge in [-0.3, -0.25) is 9.69 Å². The number of benzene rings is 1. The summed E-state index contributed by atoms with van der Waals surface area (Å²) in [5, 5.41) is 3.78. The molecule has 1 aromatic carbocycles. The number of nitrogens with zero attached hydrogens (tertiary/aromatic N) is 2. The summed E-state index contributed by atoms with van der Waals surface area (Å²) < 4.78 is 0. The summed E-state index contributed by atoms with van der Waals surface area (Å²) in [5.74, 6) is 0.804. The predicted octanol–water partition coefficient (Wildman–Crippen LogP) is 3.01. The highest BCUT2D eigenvalue weighted by molar-refractivity contribution is 6.30. The van der Waals surface area contributed by atoms with Crippen LogP contribution >= 0.6 is 11.6 Å². The van der Waals surface area contributed by atoms with Crippen molar-refractivity contribution in [3.8, 4) is 0 Å². The standard InChI is InChI=1S/C18H28ClN3O/c1-15(2)6-8-20-18(23)7-9-21-10-12-22(13-11-21)17-5-3-4-16(19)14-17/h3-5,14-15H,6-13H2,1-2H3,(H,20,23). The summed E-state index contributed by atoms with van der Waals surface area (Å²) in [6, 6.07) is 8.01. The molecule has 1 N–H and O–H groups in total. The van der Waals surface area contributed by atoms with Gasteiger partial charge in [-0.25, -0.2) is 0 Å². The number of rotatable bonds is 7. The fraction of sp³-hybridized carbons (Fsp3) is 0.611. The average Bonchev–Trinajstić information content (AvgIpc) is 2.53. The first kappa shape index (κ1) is 18.1. The van der Waals surface area contributed by atoms with E-state index in [1.165, 1.54) is 5.69 Å². The number of amides is 1. The highest BCUT2D eigenvalue weighted by Crippen LogP contribution is 2.20. The van der Waals surface area contributed by atoms with E-state index in [2.05, 4.69) is 35.0 Å². The molecule has 0 saturated carbocycles. The maximum absolute atomic E-state index is 11.8. The second-order valence-electron chi connectivity index (χ2n) is 6.59. The van der Waals surface area contributed by atoms with Crippen LogP contribution in [-0.4, -0.2) is 50.1 Å². The smallest absolute Gasteiger partial charge is 0.221 e. The van der Waals surface area contributed by atoms with E-state index in [-0.39, 0.29) is 5.91 Å². The lowest BCUT2D eigenvalue weighted by atomic mass is 10.1. The van der Waals surface area contributed by atoms with Crippen molar-refractivity contribution in [2.75, 3.05) is 44.2 Å². The molecule has 0 aliphatic carbocycles. The third-order valence-corrected chi connectivity index (χ3v) is 4.48. The van der Waals surface area contributed by atoms with Crippen molar-refractivity contribution in [3.63, 3.8) is 0 Å². The molecule has 1 heterocycles. The van der Waals surface area contributed by atoms with Gasteiger partial charge in [-0.05, 0) is 30.5 Å². The molecule has 1 fully saturated rings. The molecule has 1 aliphatic rings. The minimum atomic E-state index is 0.169. The summed E-state index contributed by atoms with van der Waals surface area (Å²) in [6.07, 6.45) is 1.64. The number of nitrogens with one attached hydrogen (secondary N) is 1. The predicted molar refractivity (Wildman–Crippen MR) is 97.2 cm³/mol. The minimum absolute atomic E-state index is 0.169. The first-order valence-corrected chi connectivity index (χ1v) is 8.92. The molecule has 23 heavy (non-hydrogen) atoms. The number of carbonyl (C=O) groups is 1. The lowest BCUT2D eigenvalue weighted by Gasteiger charge is -2.36. The Morgan fingerprint density at radius 3 is 2.65 bits per heavy atom. The molecule has 128 valence electrons. The molecule has 4 nitrogen and oxygen atoms in total.